The van der Waals surface area contributed by atoms with Crippen LogP contribution in [-0.4, -0.2) is 37.8 Å². The molecule has 63 heavy (non-hydrogen) atoms. The van der Waals surface area contributed by atoms with Crippen molar-refractivity contribution in [3.8, 4) is 0 Å². The number of rotatable bonds is 14. The lowest BCUT2D eigenvalue weighted by molar-refractivity contribution is -0.120. The number of ketones is 2. The van der Waals surface area contributed by atoms with Crippen molar-refractivity contribution in [2.24, 2.45) is 17.6 Å². The van der Waals surface area contributed by atoms with E-state index in [4.69, 9.17) is 5.73 Å². The summed E-state index contributed by atoms with van der Waals surface area (Å²) in [7, 11) is 0. The molecule has 0 aliphatic heterocycles. The normalized spacial score (nSPS) is 17.1. The molecule has 2 aliphatic carbocycles. The highest BCUT2D eigenvalue weighted by molar-refractivity contribution is 5.90. The van der Waals surface area contributed by atoms with Crippen molar-refractivity contribution in [2.45, 2.75) is 63.3 Å². The highest BCUT2D eigenvalue weighted by Gasteiger charge is 2.44. The third kappa shape index (κ3) is 11.7. The summed E-state index contributed by atoms with van der Waals surface area (Å²) in [6.45, 7) is 0.577. The number of fused-ring (bicyclic) bond motifs is 2. The largest absolute Gasteiger partial charge is 0.326 e. The topological polar surface area (TPSA) is 129 Å². The van der Waals surface area contributed by atoms with Crippen LogP contribution in [0.2, 0.25) is 0 Å². The summed E-state index contributed by atoms with van der Waals surface area (Å²) in [4.78, 5) is 52.4. The molecular weight excluding hydrogens is 779 g/mol. The van der Waals surface area contributed by atoms with E-state index >= 15 is 0 Å². The molecule has 10 rings (SSSR count). The first-order valence-corrected chi connectivity index (χ1v) is 21.8. The second kappa shape index (κ2) is 20.7. The number of hydrogen-bond donors (Lipinski definition) is 1. The zero-order valence-electron chi connectivity index (χ0n) is 35.3. The molecule has 2 aliphatic rings. The van der Waals surface area contributed by atoms with Crippen molar-refractivity contribution in [3.63, 3.8) is 0 Å². The van der Waals surface area contributed by atoms with E-state index < -0.39 is 0 Å². The van der Waals surface area contributed by atoms with Gasteiger partial charge >= 0.3 is 0 Å². The fourth-order valence-corrected chi connectivity index (χ4v) is 8.30. The number of carbonyl (C=O) groups is 3. The average Bonchev–Trinajstić information content (AvgIpc) is 4.29. The van der Waals surface area contributed by atoms with Gasteiger partial charge in [-0.15, -0.1) is 0 Å². The molecule has 314 valence electrons. The SMILES string of the molecule is NCc1cccnc1.O=C(Cc1ccc2cnccc2c1)[C@@H]1C[C@H]1c1ccc(CCCc2cccnc2)cc1.O=Cc1ccc([C@@H]2C[C@H]2C(=O)Cc2ccc3cnccc3c2)cc1. The minimum Gasteiger partial charge on any atom is -0.326 e. The third-order valence-corrected chi connectivity index (χ3v) is 12.1. The van der Waals surface area contributed by atoms with Crippen LogP contribution in [0, 0.1) is 11.8 Å². The maximum atomic E-state index is 12.8. The molecule has 2 fully saturated rings. The monoisotopic (exact) mass is 829 g/mol. The fraction of sp³-hybridized carbons (Fsp3) is 0.218. The van der Waals surface area contributed by atoms with Crippen molar-refractivity contribution < 1.29 is 14.4 Å². The quantitative estimate of drug-likeness (QED) is 0.107. The summed E-state index contributed by atoms with van der Waals surface area (Å²) >= 11 is 0. The number of carbonyl (C=O) groups excluding carboxylic acids is 3. The van der Waals surface area contributed by atoms with Crippen molar-refractivity contribution in [1.29, 1.82) is 0 Å². The van der Waals surface area contributed by atoms with Crippen molar-refractivity contribution in [1.82, 2.24) is 19.9 Å². The second-order valence-electron chi connectivity index (χ2n) is 16.6. The first-order chi connectivity index (χ1) is 30.9. The molecule has 0 bridgehead atoms. The Kier molecular flexibility index (Phi) is 14.0. The molecule has 4 atom stereocenters. The lowest BCUT2D eigenvalue weighted by atomic mass is 9.99. The van der Waals surface area contributed by atoms with Gasteiger partial charge < -0.3 is 5.73 Å². The van der Waals surface area contributed by atoms with Gasteiger partial charge in [0.1, 0.15) is 17.9 Å². The number of pyridine rings is 4. The van der Waals surface area contributed by atoms with E-state index in [-0.39, 0.29) is 11.8 Å². The van der Waals surface area contributed by atoms with Gasteiger partial charge in [-0.1, -0.05) is 97.1 Å². The van der Waals surface area contributed by atoms with E-state index in [0.29, 0.717) is 48.4 Å². The Hall–Kier alpha value is -7.03. The Labute approximate surface area is 368 Å². The summed E-state index contributed by atoms with van der Waals surface area (Å²) in [6.07, 6.45) is 21.5. The summed E-state index contributed by atoms with van der Waals surface area (Å²) < 4.78 is 0. The second-order valence-corrected chi connectivity index (χ2v) is 16.6. The van der Waals surface area contributed by atoms with Gasteiger partial charge in [-0.25, -0.2) is 0 Å². The van der Waals surface area contributed by atoms with Gasteiger partial charge in [-0.3, -0.25) is 34.3 Å². The number of nitrogens with zero attached hydrogens (tertiary/aromatic N) is 4. The number of aromatic nitrogens is 4. The number of Topliss-reactive ketones (excluding diaryl/α,β-unsaturated/α-hetero) is 2. The minimum atomic E-state index is 0.111. The van der Waals surface area contributed by atoms with Gasteiger partial charge in [0, 0.05) is 97.1 Å². The van der Waals surface area contributed by atoms with Crippen molar-refractivity contribution in [3.05, 3.63) is 215 Å². The lowest BCUT2D eigenvalue weighted by Gasteiger charge is -2.06. The summed E-state index contributed by atoms with van der Waals surface area (Å²) in [5.41, 5.74) is 14.3. The molecule has 4 heterocycles. The van der Waals surface area contributed by atoms with Crippen molar-refractivity contribution in [2.75, 3.05) is 0 Å². The van der Waals surface area contributed by atoms with E-state index in [0.717, 1.165) is 82.2 Å². The molecule has 4 aromatic carbocycles. The summed E-state index contributed by atoms with van der Waals surface area (Å²) in [6, 6.07) is 40.7. The predicted octanol–water partition coefficient (Wildman–Crippen LogP) is 10.2. The molecule has 0 saturated heterocycles. The highest BCUT2D eigenvalue weighted by atomic mass is 16.1. The minimum absolute atomic E-state index is 0.111. The van der Waals surface area contributed by atoms with Crippen LogP contribution in [-0.2, 0) is 41.8 Å². The average molecular weight is 830 g/mol. The van der Waals surface area contributed by atoms with Crippen LogP contribution >= 0.6 is 0 Å². The van der Waals surface area contributed by atoms with E-state index in [1.54, 1.807) is 24.8 Å². The maximum absolute atomic E-state index is 12.8. The molecule has 2 N–H and O–H groups in total. The maximum Gasteiger partial charge on any atom is 0.150 e. The van der Waals surface area contributed by atoms with Crippen LogP contribution in [0.1, 0.15) is 80.4 Å². The Morgan fingerprint density at radius 3 is 1.46 bits per heavy atom. The van der Waals surface area contributed by atoms with Crippen LogP contribution in [0.5, 0.6) is 0 Å². The zero-order valence-corrected chi connectivity index (χ0v) is 35.3. The van der Waals surface area contributed by atoms with Crippen LogP contribution in [0.4, 0.5) is 0 Å². The number of hydrogen-bond acceptors (Lipinski definition) is 8. The standard InChI is InChI=1S/C28H26N2O.C21H17NO2.C6H8N2/c31-28(16-22-8-11-25-19-30-14-12-24(25)15-22)27-17-26(27)23-9-6-20(7-10-23)3-1-4-21-5-2-13-29-18-21;23-13-14-1-4-16(5-2-14)19-11-20(19)21(24)10-15-3-6-18-12-22-8-7-17(18)9-15;7-4-6-2-1-3-8-5-6/h2,5-15,18-19,26-27H,1,3-4,16-17H2;1-9,12-13,19-20H,10-11H2;1-3,5H,4,7H2/t26-,27+;19-,20+;/m00./s1. The van der Waals surface area contributed by atoms with Gasteiger partial charge in [0.05, 0.1) is 0 Å². The number of aldehydes is 1. The summed E-state index contributed by atoms with van der Waals surface area (Å²) in [5.74, 6) is 1.64. The number of benzene rings is 4. The van der Waals surface area contributed by atoms with E-state index in [2.05, 4.69) is 74.5 Å². The highest BCUT2D eigenvalue weighted by Crippen LogP contribution is 2.49. The molecule has 8 aromatic rings. The molecule has 0 spiro atoms. The smallest absolute Gasteiger partial charge is 0.150 e. The van der Waals surface area contributed by atoms with E-state index in [1.807, 2.05) is 91.5 Å². The Morgan fingerprint density at radius 2 is 0.984 bits per heavy atom. The van der Waals surface area contributed by atoms with Gasteiger partial charge in [0.15, 0.2) is 0 Å². The zero-order chi connectivity index (χ0) is 43.4. The Morgan fingerprint density at radius 1 is 0.508 bits per heavy atom. The number of aryl methyl sites for hydroxylation is 2. The summed E-state index contributed by atoms with van der Waals surface area (Å²) in [5, 5.41) is 4.47. The molecule has 0 radical (unpaired) electrons. The predicted molar refractivity (Wildman–Crippen MR) is 249 cm³/mol. The van der Waals surface area contributed by atoms with Gasteiger partial charge in [0.25, 0.3) is 0 Å². The third-order valence-electron chi connectivity index (χ3n) is 12.1. The van der Waals surface area contributed by atoms with Crippen molar-refractivity contribution >= 4 is 39.4 Å². The van der Waals surface area contributed by atoms with E-state index in [9.17, 15) is 14.4 Å². The Bertz CT molecular complexity index is 2780. The molecule has 0 amide bonds. The lowest BCUT2D eigenvalue weighted by Crippen LogP contribution is -2.06. The van der Waals surface area contributed by atoms with Gasteiger partial charge in [-0.2, -0.15) is 0 Å². The molecule has 4 aromatic heterocycles. The fourth-order valence-electron chi connectivity index (χ4n) is 8.30. The van der Waals surface area contributed by atoms with Gasteiger partial charge in [0.2, 0.25) is 0 Å². The molecular formula is C55H51N5O3. The molecule has 8 heteroatoms. The van der Waals surface area contributed by atoms with Crippen LogP contribution in [0.3, 0.4) is 0 Å². The number of nitrogens with two attached hydrogens (primary N) is 1. The first-order valence-electron chi connectivity index (χ1n) is 21.8. The molecule has 2 saturated carbocycles. The van der Waals surface area contributed by atoms with Crippen LogP contribution in [0.25, 0.3) is 21.5 Å². The van der Waals surface area contributed by atoms with Crippen LogP contribution in [0.15, 0.2) is 171 Å². The van der Waals surface area contributed by atoms with E-state index in [1.165, 1.54) is 16.7 Å². The first kappa shape index (κ1) is 42.7. The molecule has 8 nitrogen and oxygen atoms in total. The van der Waals surface area contributed by atoms with Crippen LogP contribution < -0.4 is 5.73 Å². The van der Waals surface area contributed by atoms with Gasteiger partial charge in [-0.05, 0) is 118 Å². The molecule has 0 unspecified atom stereocenters. The Balaban J connectivity index is 0.000000150.